The summed E-state index contributed by atoms with van der Waals surface area (Å²) in [6.07, 6.45) is 0. The van der Waals surface area contributed by atoms with Crippen molar-refractivity contribution in [3.05, 3.63) is 29.8 Å². The minimum atomic E-state index is -0.818. The average Bonchev–Trinajstić information content (AvgIpc) is 2.09. The van der Waals surface area contributed by atoms with Crippen molar-refractivity contribution in [2.45, 2.75) is 0 Å². The van der Waals surface area contributed by atoms with Crippen molar-refractivity contribution < 1.29 is 13.6 Å². The molecule has 1 rings (SSSR count). The van der Waals surface area contributed by atoms with E-state index < -0.39 is 17.5 Å². The first-order valence-electron chi connectivity index (χ1n) is 3.58. The second-order valence-electron chi connectivity index (χ2n) is 2.38. The van der Waals surface area contributed by atoms with Crippen LogP contribution in [0.25, 0.3) is 0 Å². The highest BCUT2D eigenvalue weighted by Gasteiger charge is 2.05. The summed E-state index contributed by atoms with van der Waals surface area (Å²) >= 11 is 0. The van der Waals surface area contributed by atoms with Gasteiger partial charge in [0, 0.05) is 6.07 Å². The highest BCUT2D eigenvalue weighted by Crippen LogP contribution is 2.14. The summed E-state index contributed by atoms with van der Waals surface area (Å²) in [5.41, 5.74) is 4.92. The van der Waals surface area contributed by atoms with Crippen LogP contribution in [0.3, 0.4) is 0 Å². The van der Waals surface area contributed by atoms with Gasteiger partial charge in [0.05, 0.1) is 12.2 Å². The molecule has 0 aliphatic carbocycles. The summed E-state index contributed by atoms with van der Waals surface area (Å²) in [5, 5.41) is 2.18. The van der Waals surface area contributed by atoms with Crippen LogP contribution in [0.4, 0.5) is 14.5 Å². The van der Waals surface area contributed by atoms with Gasteiger partial charge in [0.25, 0.3) is 0 Å². The van der Waals surface area contributed by atoms with E-state index in [1.807, 2.05) is 0 Å². The van der Waals surface area contributed by atoms with E-state index in [4.69, 9.17) is 5.73 Å². The number of rotatable bonds is 2. The molecule has 0 atom stereocenters. The van der Waals surface area contributed by atoms with Crippen molar-refractivity contribution in [2.24, 2.45) is 5.73 Å². The van der Waals surface area contributed by atoms with Crippen molar-refractivity contribution in [3.63, 3.8) is 0 Å². The molecule has 0 fully saturated rings. The number of hydrogen-bond donors (Lipinski definition) is 2. The van der Waals surface area contributed by atoms with Crippen LogP contribution in [0.2, 0.25) is 0 Å². The predicted octanol–water partition coefficient (Wildman–Crippen LogP) is 0.862. The fourth-order valence-corrected chi connectivity index (χ4v) is 0.792. The summed E-state index contributed by atoms with van der Waals surface area (Å²) in [6.45, 7) is -0.239. The molecule has 0 saturated carbocycles. The van der Waals surface area contributed by atoms with Gasteiger partial charge in [-0.1, -0.05) is 0 Å². The Morgan fingerprint density at radius 2 is 2.15 bits per heavy atom. The maximum absolute atomic E-state index is 12.9. The second kappa shape index (κ2) is 3.95. The fourth-order valence-electron chi connectivity index (χ4n) is 0.792. The smallest absolute Gasteiger partial charge is 0.238 e. The van der Waals surface area contributed by atoms with Crippen LogP contribution in [-0.2, 0) is 4.79 Å². The zero-order valence-corrected chi connectivity index (χ0v) is 6.68. The highest BCUT2D eigenvalue weighted by atomic mass is 19.1. The molecular formula is C8H8F2N2O. The number of benzene rings is 1. The Morgan fingerprint density at radius 1 is 1.46 bits per heavy atom. The minimum absolute atomic E-state index is 0.0724. The summed E-state index contributed by atoms with van der Waals surface area (Å²) in [6, 6.07) is 2.87. The Morgan fingerprint density at radius 3 is 2.69 bits per heavy atom. The molecule has 13 heavy (non-hydrogen) atoms. The summed E-state index contributed by atoms with van der Waals surface area (Å²) in [5.74, 6) is -2.03. The first-order chi connectivity index (χ1) is 6.13. The third-order valence-corrected chi connectivity index (χ3v) is 1.39. The van der Waals surface area contributed by atoms with Crippen molar-refractivity contribution in [2.75, 3.05) is 11.9 Å². The highest BCUT2D eigenvalue weighted by molar-refractivity contribution is 5.92. The van der Waals surface area contributed by atoms with Gasteiger partial charge in [-0.05, 0) is 12.1 Å². The molecule has 0 saturated heterocycles. The Balaban J connectivity index is 2.83. The molecule has 5 heteroatoms. The SMILES string of the molecule is NCC(=O)Nc1ccc(F)cc1F. The Labute approximate surface area is 73.5 Å². The lowest BCUT2D eigenvalue weighted by molar-refractivity contribution is -0.114. The van der Waals surface area contributed by atoms with E-state index in [9.17, 15) is 13.6 Å². The first kappa shape index (κ1) is 9.60. The molecule has 3 N–H and O–H groups in total. The van der Waals surface area contributed by atoms with E-state index in [0.29, 0.717) is 6.07 Å². The normalized spacial score (nSPS) is 9.77. The molecule has 0 spiro atoms. The van der Waals surface area contributed by atoms with Crippen LogP contribution in [0, 0.1) is 11.6 Å². The lowest BCUT2D eigenvalue weighted by Gasteiger charge is -2.03. The molecule has 70 valence electrons. The monoisotopic (exact) mass is 186 g/mol. The van der Waals surface area contributed by atoms with E-state index >= 15 is 0 Å². The molecule has 0 unspecified atom stereocenters. The molecule has 0 aliphatic heterocycles. The molecular weight excluding hydrogens is 178 g/mol. The third-order valence-electron chi connectivity index (χ3n) is 1.39. The predicted molar refractivity (Wildman–Crippen MR) is 44.0 cm³/mol. The number of amides is 1. The number of carbonyl (C=O) groups excluding carboxylic acids is 1. The number of nitrogens with two attached hydrogens (primary N) is 1. The van der Waals surface area contributed by atoms with Gasteiger partial charge in [-0.2, -0.15) is 0 Å². The number of halogens is 2. The molecule has 0 bridgehead atoms. The van der Waals surface area contributed by atoms with Crippen LogP contribution < -0.4 is 11.1 Å². The molecule has 0 radical (unpaired) electrons. The summed E-state index contributed by atoms with van der Waals surface area (Å²) in [4.78, 5) is 10.7. The minimum Gasteiger partial charge on any atom is -0.322 e. The van der Waals surface area contributed by atoms with Gasteiger partial charge < -0.3 is 11.1 Å². The van der Waals surface area contributed by atoms with Crippen molar-refractivity contribution in [3.8, 4) is 0 Å². The fraction of sp³-hybridized carbons (Fsp3) is 0.125. The van der Waals surface area contributed by atoms with Crippen LogP contribution >= 0.6 is 0 Å². The maximum atomic E-state index is 12.9. The molecule has 1 aromatic rings. The number of carbonyl (C=O) groups is 1. The molecule has 1 aromatic carbocycles. The van der Waals surface area contributed by atoms with Crippen LogP contribution in [0.1, 0.15) is 0 Å². The number of nitrogens with one attached hydrogen (secondary N) is 1. The lowest BCUT2D eigenvalue weighted by atomic mass is 10.3. The Bertz CT molecular complexity index is 328. The lowest BCUT2D eigenvalue weighted by Crippen LogP contribution is -2.22. The number of anilines is 1. The van der Waals surface area contributed by atoms with E-state index in [0.717, 1.165) is 12.1 Å². The molecule has 0 heterocycles. The molecule has 0 aromatic heterocycles. The van der Waals surface area contributed by atoms with Gasteiger partial charge in [-0.25, -0.2) is 8.78 Å². The molecule has 0 aliphatic rings. The largest absolute Gasteiger partial charge is 0.322 e. The standard InChI is InChI=1S/C8H8F2N2O/c9-5-1-2-7(6(10)3-5)12-8(13)4-11/h1-3H,4,11H2,(H,12,13). The summed E-state index contributed by atoms with van der Waals surface area (Å²) < 4.78 is 25.2. The van der Waals surface area contributed by atoms with Crippen LogP contribution in [0.5, 0.6) is 0 Å². The third kappa shape index (κ3) is 2.48. The van der Waals surface area contributed by atoms with Crippen molar-refractivity contribution >= 4 is 11.6 Å². The van der Waals surface area contributed by atoms with Crippen molar-refractivity contribution in [1.29, 1.82) is 0 Å². The summed E-state index contributed by atoms with van der Waals surface area (Å²) in [7, 11) is 0. The van der Waals surface area contributed by atoms with Gasteiger partial charge in [0.2, 0.25) is 5.91 Å². The number of hydrogen-bond acceptors (Lipinski definition) is 2. The zero-order chi connectivity index (χ0) is 9.84. The zero-order valence-electron chi connectivity index (χ0n) is 6.68. The quantitative estimate of drug-likeness (QED) is 0.719. The van der Waals surface area contributed by atoms with Crippen LogP contribution in [0.15, 0.2) is 18.2 Å². The van der Waals surface area contributed by atoms with E-state index in [1.54, 1.807) is 0 Å². The van der Waals surface area contributed by atoms with Gasteiger partial charge >= 0.3 is 0 Å². The molecule has 1 amide bonds. The second-order valence-corrected chi connectivity index (χ2v) is 2.38. The first-order valence-corrected chi connectivity index (χ1v) is 3.58. The van der Waals surface area contributed by atoms with Gasteiger partial charge in [0.15, 0.2) is 0 Å². The van der Waals surface area contributed by atoms with E-state index in [1.165, 1.54) is 0 Å². The van der Waals surface area contributed by atoms with Gasteiger partial charge in [-0.15, -0.1) is 0 Å². The molecule has 3 nitrogen and oxygen atoms in total. The van der Waals surface area contributed by atoms with E-state index in [2.05, 4.69) is 5.32 Å². The van der Waals surface area contributed by atoms with Crippen molar-refractivity contribution in [1.82, 2.24) is 0 Å². The van der Waals surface area contributed by atoms with Gasteiger partial charge in [0.1, 0.15) is 11.6 Å². The van der Waals surface area contributed by atoms with E-state index in [-0.39, 0.29) is 12.2 Å². The Kier molecular flexibility index (Phi) is 2.92. The maximum Gasteiger partial charge on any atom is 0.238 e. The topological polar surface area (TPSA) is 55.1 Å². The Hall–Kier alpha value is -1.49. The van der Waals surface area contributed by atoms with Gasteiger partial charge in [-0.3, -0.25) is 4.79 Å². The average molecular weight is 186 g/mol. The van der Waals surface area contributed by atoms with Crippen LogP contribution in [-0.4, -0.2) is 12.5 Å².